The molecule has 1 aliphatic heterocycles. The molecule has 1 fully saturated rings. The van der Waals surface area contributed by atoms with E-state index in [9.17, 15) is 5.26 Å². The van der Waals surface area contributed by atoms with Crippen LogP contribution in [0.25, 0.3) is 0 Å². The van der Waals surface area contributed by atoms with Crippen LogP contribution < -0.4 is 5.06 Å². The Morgan fingerprint density at radius 3 is 1.73 bits per heavy atom. The van der Waals surface area contributed by atoms with E-state index in [0.29, 0.717) is 6.42 Å². The molecule has 3 aromatic rings. The Kier molecular flexibility index (Phi) is 3.99. The number of nitrogens with zero attached hydrogens (tertiary/aromatic N) is 2. The average Bonchev–Trinajstić information content (AvgIpc) is 3.05. The molecule has 0 N–H and O–H groups in total. The molecule has 1 unspecified atom stereocenters. The van der Waals surface area contributed by atoms with Crippen LogP contribution in [0.15, 0.2) is 91.0 Å². The van der Waals surface area contributed by atoms with Gasteiger partial charge < -0.3 is 0 Å². The lowest BCUT2D eigenvalue weighted by Gasteiger charge is -2.38. The number of nitriles is 1. The summed E-state index contributed by atoms with van der Waals surface area (Å²) in [6, 6.07) is 32.9. The predicted octanol–water partition coefficient (Wildman–Crippen LogP) is 5.05. The molecular formula is C23H20N2O. The van der Waals surface area contributed by atoms with E-state index in [1.54, 1.807) is 0 Å². The van der Waals surface area contributed by atoms with E-state index in [1.807, 2.05) is 78.7 Å². The van der Waals surface area contributed by atoms with E-state index in [1.165, 1.54) is 0 Å². The lowest BCUT2D eigenvalue weighted by molar-refractivity contribution is 0.0409. The van der Waals surface area contributed by atoms with Gasteiger partial charge in [0.1, 0.15) is 11.6 Å². The maximum atomic E-state index is 9.81. The molecule has 1 aliphatic rings. The molecule has 0 bridgehead atoms. The average molecular weight is 340 g/mol. The van der Waals surface area contributed by atoms with E-state index < -0.39 is 11.1 Å². The number of hydroxylamine groups is 1. The fraction of sp³-hybridized carbons (Fsp3) is 0.174. The molecule has 26 heavy (non-hydrogen) atoms. The van der Waals surface area contributed by atoms with Gasteiger partial charge in [-0.25, -0.2) is 5.06 Å². The SMILES string of the molecule is CC1(C#N)CC(c2ccccc2)(c2ccccc2)N(c2ccccc2)O1. The van der Waals surface area contributed by atoms with Crippen LogP contribution >= 0.6 is 0 Å². The number of para-hydroxylation sites is 1. The maximum absolute atomic E-state index is 9.81. The van der Waals surface area contributed by atoms with E-state index in [2.05, 4.69) is 30.3 Å². The van der Waals surface area contributed by atoms with Crippen LogP contribution in [-0.4, -0.2) is 5.60 Å². The van der Waals surface area contributed by atoms with Crippen molar-refractivity contribution < 1.29 is 4.84 Å². The third kappa shape index (κ3) is 2.56. The van der Waals surface area contributed by atoms with Gasteiger partial charge in [-0.1, -0.05) is 78.9 Å². The summed E-state index contributed by atoms with van der Waals surface area (Å²) < 4.78 is 0. The summed E-state index contributed by atoms with van der Waals surface area (Å²) in [5.41, 5.74) is 1.65. The molecule has 0 amide bonds. The third-order valence-corrected chi connectivity index (χ3v) is 4.96. The second kappa shape index (κ2) is 6.33. The van der Waals surface area contributed by atoms with Crippen LogP contribution in [0.3, 0.4) is 0 Å². The van der Waals surface area contributed by atoms with Crippen LogP contribution in [0.4, 0.5) is 5.69 Å². The molecule has 3 nitrogen and oxygen atoms in total. The summed E-state index contributed by atoms with van der Waals surface area (Å²) in [7, 11) is 0. The van der Waals surface area contributed by atoms with Gasteiger partial charge in [0, 0.05) is 6.42 Å². The molecule has 0 spiro atoms. The quantitative estimate of drug-likeness (QED) is 0.669. The minimum atomic E-state index is -0.915. The zero-order chi connectivity index (χ0) is 18.0. The molecule has 0 aliphatic carbocycles. The first-order valence-electron chi connectivity index (χ1n) is 8.75. The first-order chi connectivity index (χ1) is 12.7. The van der Waals surface area contributed by atoms with E-state index in [0.717, 1.165) is 16.8 Å². The molecule has 0 aromatic heterocycles. The Morgan fingerprint density at radius 2 is 1.27 bits per heavy atom. The molecule has 4 rings (SSSR count). The Bertz CT molecular complexity index is 879. The molecule has 0 saturated carbocycles. The lowest BCUT2D eigenvalue weighted by atomic mass is 9.76. The molecule has 1 atom stereocenters. The maximum Gasteiger partial charge on any atom is 0.182 e. The van der Waals surface area contributed by atoms with Gasteiger partial charge in [-0.3, -0.25) is 4.84 Å². The highest BCUT2D eigenvalue weighted by atomic mass is 16.7. The monoisotopic (exact) mass is 340 g/mol. The third-order valence-electron chi connectivity index (χ3n) is 4.96. The highest BCUT2D eigenvalue weighted by Gasteiger charge is 2.55. The fourth-order valence-corrected chi connectivity index (χ4v) is 3.80. The van der Waals surface area contributed by atoms with Crippen LogP contribution in [0.2, 0.25) is 0 Å². The highest BCUT2D eigenvalue weighted by molar-refractivity contribution is 5.56. The van der Waals surface area contributed by atoms with Gasteiger partial charge in [0.25, 0.3) is 0 Å². The van der Waals surface area contributed by atoms with Gasteiger partial charge in [0.15, 0.2) is 5.60 Å². The zero-order valence-corrected chi connectivity index (χ0v) is 14.7. The largest absolute Gasteiger partial charge is 0.251 e. The lowest BCUT2D eigenvalue weighted by Crippen LogP contribution is -2.41. The molecule has 1 saturated heterocycles. The van der Waals surface area contributed by atoms with Crippen molar-refractivity contribution >= 4 is 5.69 Å². The van der Waals surface area contributed by atoms with Crippen LogP contribution in [0.5, 0.6) is 0 Å². The normalized spacial score (nSPS) is 21.3. The van der Waals surface area contributed by atoms with Crippen molar-refractivity contribution in [2.45, 2.75) is 24.5 Å². The number of benzene rings is 3. The van der Waals surface area contributed by atoms with E-state index >= 15 is 0 Å². The summed E-state index contributed by atoms with van der Waals surface area (Å²) in [6.45, 7) is 1.86. The number of hydrogen-bond acceptors (Lipinski definition) is 3. The van der Waals surface area contributed by atoms with Crippen molar-refractivity contribution in [1.82, 2.24) is 0 Å². The Labute approximate surface area is 154 Å². The van der Waals surface area contributed by atoms with Crippen LogP contribution in [-0.2, 0) is 10.4 Å². The van der Waals surface area contributed by atoms with E-state index in [4.69, 9.17) is 4.84 Å². The molecule has 128 valence electrons. The first-order valence-corrected chi connectivity index (χ1v) is 8.75. The highest BCUT2D eigenvalue weighted by Crippen LogP contribution is 2.51. The van der Waals surface area contributed by atoms with Crippen molar-refractivity contribution in [2.24, 2.45) is 0 Å². The van der Waals surface area contributed by atoms with Crippen molar-refractivity contribution in [3.8, 4) is 6.07 Å². The fourth-order valence-electron chi connectivity index (χ4n) is 3.80. The molecule has 3 aromatic carbocycles. The predicted molar refractivity (Wildman–Crippen MR) is 102 cm³/mol. The summed E-state index contributed by atoms with van der Waals surface area (Å²) in [5, 5.41) is 11.7. The second-order valence-electron chi connectivity index (χ2n) is 6.83. The topological polar surface area (TPSA) is 36.3 Å². The van der Waals surface area contributed by atoms with Gasteiger partial charge in [-0.2, -0.15) is 5.26 Å². The zero-order valence-electron chi connectivity index (χ0n) is 14.7. The number of anilines is 1. The molecule has 1 heterocycles. The summed E-state index contributed by atoms with van der Waals surface area (Å²) in [5.74, 6) is 0. The van der Waals surface area contributed by atoms with Crippen molar-refractivity contribution in [2.75, 3.05) is 5.06 Å². The second-order valence-corrected chi connectivity index (χ2v) is 6.83. The summed E-state index contributed by atoms with van der Waals surface area (Å²) >= 11 is 0. The number of hydrogen-bond donors (Lipinski definition) is 0. The Hall–Kier alpha value is -3.09. The van der Waals surface area contributed by atoms with Crippen molar-refractivity contribution in [3.63, 3.8) is 0 Å². The first kappa shape index (κ1) is 16.4. The number of rotatable bonds is 3. The standard InChI is InChI=1S/C23H20N2O/c1-22(18-24)17-23(19-11-5-2-6-12-19,20-13-7-3-8-14-20)25(26-22)21-15-9-4-10-16-21/h2-16H,17H2,1H3. The van der Waals surface area contributed by atoms with Crippen molar-refractivity contribution in [1.29, 1.82) is 5.26 Å². The summed E-state index contributed by atoms with van der Waals surface area (Å²) in [6.07, 6.45) is 0.541. The summed E-state index contributed by atoms with van der Waals surface area (Å²) in [4.78, 5) is 6.28. The Balaban J connectivity index is 2.00. The van der Waals surface area contributed by atoms with Gasteiger partial charge in [-0.05, 0) is 30.2 Å². The molecule has 0 radical (unpaired) electrons. The van der Waals surface area contributed by atoms with Crippen LogP contribution in [0, 0.1) is 11.3 Å². The molecule has 3 heteroatoms. The smallest absolute Gasteiger partial charge is 0.182 e. The van der Waals surface area contributed by atoms with Crippen LogP contribution in [0.1, 0.15) is 24.5 Å². The van der Waals surface area contributed by atoms with E-state index in [-0.39, 0.29) is 0 Å². The van der Waals surface area contributed by atoms with Crippen molar-refractivity contribution in [3.05, 3.63) is 102 Å². The minimum Gasteiger partial charge on any atom is -0.251 e. The van der Waals surface area contributed by atoms with Gasteiger partial charge in [-0.15, -0.1) is 0 Å². The van der Waals surface area contributed by atoms with Gasteiger partial charge in [0.05, 0.1) is 5.69 Å². The minimum absolute atomic E-state index is 0.541. The Morgan fingerprint density at radius 1 is 0.808 bits per heavy atom. The van der Waals surface area contributed by atoms with Gasteiger partial charge in [0.2, 0.25) is 0 Å². The van der Waals surface area contributed by atoms with Gasteiger partial charge >= 0.3 is 0 Å². The molecular weight excluding hydrogens is 320 g/mol.